The minimum absolute atomic E-state index is 0.0712. The van der Waals surface area contributed by atoms with Crippen LogP contribution in [0.5, 0.6) is 0 Å². The van der Waals surface area contributed by atoms with Gasteiger partial charge in [-0.25, -0.2) is 9.97 Å². The quantitative estimate of drug-likeness (QED) is 0.464. The monoisotopic (exact) mass is 356 g/mol. The van der Waals surface area contributed by atoms with Gasteiger partial charge in [0.1, 0.15) is 0 Å². The Labute approximate surface area is 151 Å². The van der Waals surface area contributed by atoms with Crippen LogP contribution in [0.4, 0.5) is 5.69 Å². The number of carbonyl (C=O) groups excluding carboxylic acids is 2. The summed E-state index contributed by atoms with van der Waals surface area (Å²) in [5.41, 5.74) is 1.81. The predicted molar refractivity (Wildman–Crippen MR) is 98.0 cm³/mol. The molecule has 0 bridgehead atoms. The highest BCUT2D eigenvalue weighted by atomic mass is 32.2. The first-order valence-electron chi connectivity index (χ1n) is 8.17. The number of hydrogen-bond acceptors (Lipinski definition) is 6. The van der Waals surface area contributed by atoms with Crippen LogP contribution < -0.4 is 4.90 Å². The van der Waals surface area contributed by atoms with E-state index >= 15 is 0 Å². The summed E-state index contributed by atoms with van der Waals surface area (Å²) in [4.78, 5) is 36.0. The Bertz CT molecular complexity index is 729. The lowest BCUT2D eigenvalue weighted by Crippen LogP contribution is -2.49. The average Bonchev–Trinajstić information content (AvgIpc) is 2.67. The predicted octanol–water partition coefficient (Wildman–Crippen LogP) is 2.12. The van der Waals surface area contributed by atoms with E-state index < -0.39 is 0 Å². The zero-order valence-corrected chi connectivity index (χ0v) is 14.9. The van der Waals surface area contributed by atoms with Crippen molar-refractivity contribution in [3.05, 3.63) is 48.3 Å². The number of ketones is 1. The minimum Gasteiger partial charge on any atom is -0.368 e. The molecule has 0 N–H and O–H groups in total. The van der Waals surface area contributed by atoms with Gasteiger partial charge in [0, 0.05) is 49.8 Å². The second-order valence-corrected chi connectivity index (χ2v) is 6.73. The molecule has 1 aromatic heterocycles. The molecule has 6 nitrogen and oxygen atoms in total. The molecule has 130 valence electrons. The molecule has 1 amide bonds. The Hall–Kier alpha value is -2.41. The topological polar surface area (TPSA) is 66.4 Å². The molecule has 0 atom stereocenters. The normalized spacial score (nSPS) is 14.4. The third-order valence-electron chi connectivity index (χ3n) is 4.14. The number of anilines is 1. The molecule has 0 spiro atoms. The minimum atomic E-state index is 0.0712. The number of nitrogens with zero attached hydrogens (tertiary/aromatic N) is 4. The molecular weight excluding hydrogens is 336 g/mol. The Morgan fingerprint density at radius 2 is 1.68 bits per heavy atom. The van der Waals surface area contributed by atoms with E-state index in [-0.39, 0.29) is 11.7 Å². The highest BCUT2D eigenvalue weighted by Crippen LogP contribution is 2.19. The van der Waals surface area contributed by atoms with E-state index in [1.807, 2.05) is 29.2 Å². The summed E-state index contributed by atoms with van der Waals surface area (Å²) < 4.78 is 0. The highest BCUT2D eigenvalue weighted by molar-refractivity contribution is 7.99. The summed E-state index contributed by atoms with van der Waals surface area (Å²) >= 11 is 1.36. The van der Waals surface area contributed by atoms with Crippen LogP contribution in [0.3, 0.4) is 0 Å². The number of piperazine rings is 1. The van der Waals surface area contributed by atoms with Crippen molar-refractivity contribution >= 4 is 29.1 Å². The van der Waals surface area contributed by atoms with Gasteiger partial charge >= 0.3 is 0 Å². The van der Waals surface area contributed by atoms with Crippen molar-refractivity contribution in [1.29, 1.82) is 0 Å². The zero-order chi connectivity index (χ0) is 17.6. The summed E-state index contributed by atoms with van der Waals surface area (Å²) in [6, 6.07) is 9.40. The molecule has 7 heteroatoms. The summed E-state index contributed by atoms with van der Waals surface area (Å²) in [5, 5.41) is 0.625. The molecular formula is C18H20N4O2S. The fraction of sp³-hybridized carbons (Fsp3) is 0.333. The first kappa shape index (κ1) is 17.4. The van der Waals surface area contributed by atoms with Gasteiger partial charge in [0.05, 0.1) is 5.75 Å². The van der Waals surface area contributed by atoms with Crippen LogP contribution in [-0.2, 0) is 4.79 Å². The molecule has 3 rings (SSSR count). The molecule has 1 saturated heterocycles. The number of Topliss-reactive ketones (excluding diaryl/α,β-unsaturated/α-hetero) is 1. The van der Waals surface area contributed by atoms with Crippen molar-refractivity contribution in [2.75, 3.05) is 36.8 Å². The van der Waals surface area contributed by atoms with Gasteiger partial charge in [0.2, 0.25) is 5.91 Å². The average molecular weight is 356 g/mol. The lowest BCUT2D eigenvalue weighted by Gasteiger charge is -2.36. The summed E-state index contributed by atoms with van der Waals surface area (Å²) in [7, 11) is 0. The van der Waals surface area contributed by atoms with Crippen LogP contribution in [0.15, 0.2) is 47.9 Å². The molecule has 0 aliphatic carbocycles. The molecule has 1 aromatic carbocycles. The van der Waals surface area contributed by atoms with Gasteiger partial charge in [-0.15, -0.1) is 0 Å². The molecule has 25 heavy (non-hydrogen) atoms. The molecule has 1 aliphatic heterocycles. The summed E-state index contributed by atoms with van der Waals surface area (Å²) in [5.74, 6) is 0.544. The Morgan fingerprint density at radius 3 is 2.28 bits per heavy atom. The van der Waals surface area contributed by atoms with Gasteiger partial charge in [0.25, 0.3) is 0 Å². The molecule has 0 saturated carbocycles. The van der Waals surface area contributed by atoms with E-state index in [0.717, 1.165) is 24.3 Å². The van der Waals surface area contributed by atoms with Gasteiger partial charge in [-0.3, -0.25) is 9.59 Å². The highest BCUT2D eigenvalue weighted by Gasteiger charge is 2.21. The number of rotatable bonds is 5. The first-order valence-corrected chi connectivity index (χ1v) is 9.15. The van der Waals surface area contributed by atoms with Crippen LogP contribution in [0.2, 0.25) is 0 Å². The van der Waals surface area contributed by atoms with Gasteiger partial charge in [-0.1, -0.05) is 11.8 Å². The summed E-state index contributed by atoms with van der Waals surface area (Å²) in [6.07, 6.45) is 3.35. The van der Waals surface area contributed by atoms with Crippen molar-refractivity contribution in [3.8, 4) is 0 Å². The van der Waals surface area contributed by atoms with Gasteiger partial charge in [0.15, 0.2) is 10.9 Å². The van der Waals surface area contributed by atoms with E-state index in [1.165, 1.54) is 11.8 Å². The second-order valence-electron chi connectivity index (χ2n) is 5.79. The first-order chi connectivity index (χ1) is 12.1. The smallest absolute Gasteiger partial charge is 0.233 e. The van der Waals surface area contributed by atoms with E-state index in [1.54, 1.807) is 25.4 Å². The van der Waals surface area contributed by atoms with Gasteiger partial charge in [-0.05, 0) is 37.3 Å². The van der Waals surface area contributed by atoms with Gasteiger partial charge < -0.3 is 9.80 Å². The van der Waals surface area contributed by atoms with Crippen molar-refractivity contribution in [2.45, 2.75) is 12.1 Å². The van der Waals surface area contributed by atoms with Crippen molar-refractivity contribution in [3.63, 3.8) is 0 Å². The van der Waals surface area contributed by atoms with Crippen molar-refractivity contribution in [2.24, 2.45) is 0 Å². The Kier molecular flexibility index (Phi) is 5.65. The van der Waals surface area contributed by atoms with E-state index in [0.29, 0.717) is 24.0 Å². The molecule has 0 radical (unpaired) electrons. The fourth-order valence-electron chi connectivity index (χ4n) is 2.70. The lowest BCUT2D eigenvalue weighted by molar-refractivity contribution is -0.128. The van der Waals surface area contributed by atoms with Crippen LogP contribution in [0, 0.1) is 0 Å². The largest absolute Gasteiger partial charge is 0.368 e. The number of benzene rings is 1. The lowest BCUT2D eigenvalue weighted by atomic mass is 10.1. The maximum atomic E-state index is 12.3. The molecule has 1 fully saturated rings. The molecule has 2 heterocycles. The van der Waals surface area contributed by atoms with Crippen LogP contribution in [0.25, 0.3) is 0 Å². The number of aromatic nitrogens is 2. The fourth-order valence-corrected chi connectivity index (χ4v) is 3.40. The van der Waals surface area contributed by atoms with Gasteiger partial charge in [-0.2, -0.15) is 0 Å². The summed E-state index contributed by atoms with van der Waals surface area (Å²) in [6.45, 7) is 4.54. The number of thioether (sulfide) groups is 1. The van der Waals surface area contributed by atoms with E-state index in [4.69, 9.17) is 0 Å². The molecule has 0 unspecified atom stereocenters. The molecule has 1 aliphatic rings. The third-order valence-corrected chi connectivity index (χ3v) is 5.00. The van der Waals surface area contributed by atoms with E-state index in [9.17, 15) is 9.59 Å². The SMILES string of the molecule is CC(=O)c1ccc(N2CCN(C(=O)CSc3ncccn3)CC2)cc1. The van der Waals surface area contributed by atoms with Crippen molar-refractivity contribution in [1.82, 2.24) is 14.9 Å². The zero-order valence-electron chi connectivity index (χ0n) is 14.1. The maximum absolute atomic E-state index is 12.3. The number of amides is 1. The number of carbonyl (C=O) groups is 2. The Balaban J connectivity index is 1.49. The Morgan fingerprint density at radius 1 is 1.04 bits per heavy atom. The standard InChI is InChI=1S/C18H20N4O2S/c1-14(23)15-3-5-16(6-4-15)21-9-11-22(12-10-21)17(24)13-25-18-19-7-2-8-20-18/h2-8H,9-13H2,1H3. The van der Waals surface area contributed by atoms with E-state index in [2.05, 4.69) is 14.9 Å². The van der Waals surface area contributed by atoms with Crippen molar-refractivity contribution < 1.29 is 9.59 Å². The van der Waals surface area contributed by atoms with Crippen LogP contribution in [0.1, 0.15) is 17.3 Å². The second kappa shape index (κ2) is 8.11. The third kappa shape index (κ3) is 4.57. The van der Waals surface area contributed by atoms with Crippen LogP contribution >= 0.6 is 11.8 Å². The van der Waals surface area contributed by atoms with Crippen LogP contribution in [-0.4, -0.2) is 58.5 Å². The molecule has 2 aromatic rings. The number of hydrogen-bond donors (Lipinski definition) is 0. The maximum Gasteiger partial charge on any atom is 0.233 e.